The molecule has 0 unspecified atom stereocenters. The molecule has 10 nitrogen and oxygen atoms in total. The van der Waals surface area contributed by atoms with Crippen molar-refractivity contribution in [1.82, 2.24) is 19.6 Å². The van der Waals surface area contributed by atoms with Crippen LogP contribution in [0.15, 0.2) is 65.8 Å². The van der Waals surface area contributed by atoms with Crippen LogP contribution >= 0.6 is 0 Å². The maximum Gasteiger partial charge on any atom is 0.417 e. The van der Waals surface area contributed by atoms with E-state index in [-0.39, 0.29) is 42.7 Å². The highest BCUT2D eigenvalue weighted by Crippen LogP contribution is 2.30. The Morgan fingerprint density at radius 1 is 1.02 bits per heavy atom. The van der Waals surface area contributed by atoms with Crippen LogP contribution in [-0.2, 0) is 21.0 Å². The lowest BCUT2D eigenvalue weighted by molar-refractivity contribution is -0.137. The maximum absolute atomic E-state index is 13.3. The van der Waals surface area contributed by atoms with E-state index in [1.54, 1.807) is 24.4 Å². The van der Waals surface area contributed by atoms with Gasteiger partial charge in [-0.15, -0.1) is 0 Å². The third-order valence-corrected chi connectivity index (χ3v) is 8.78. The van der Waals surface area contributed by atoms with E-state index in [0.29, 0.717) is 25.1 Å². The van der Waals surface area contributed by atoms with Crippen LogP contribution in [-0.4, -0.2) is 78.6 Å². The molecular weight excluding hydrogens is 549 g/mol. The molecule has 1 amide bonds. The number of anilines is 2. The highest BCUT2D eigenvalue weighted by molar-refractivity contribution is 7.89. The second-order valence-corrected chi connectivity index (χ2v) is 11.5. The number of β-amino-alcohol motifs (C(OH)–C–C–N with tert-alkyl or cyclic N) is 1. The smallest absolute Gasteiger partial charge is 0.390 e. The average Bonchev–Trinajstić information content (AvgIpc) is 2.94. The number of nitrogens with zero attached hydrogens (tertiary/aromatic N) is 4. The van der Waals surface area contributed by atoms with Gasteiger partial charge in [-0.3, -0.25) is 4.79 Å². The summed E-state index contributed by atoms with van der Waals surface area (Å²) < 4.78 is 66.1. The van der Waals surface area contributed by atoms with Gasteiger partial charge in [0.25, 0.3) is 0 Å². The first-order valence-corrected chi connectivity index (χ1v) is 14.0. The normalized spacial score (nSPS) is 20.7. The van der Waals surface area contributed by atoms with Crippen molar-refractivity contribution < 1.29 is 31.5 Å². The standard InChI is InChI=1S/C26H27F3N6O4S/c27-26(28,29)19-3-6-23(32-14-19)33-21-8-11-35(15-22(21)36)40(38,39)20-4-1-17(2-5-20)18-7-9-30-24(13-18)34-12-10-31-25(37)16-34/h1-7,9,13-14,21-22,36H,8,10-12,15-16H2,(H,31,37)(H,32,33)/t21-,22+/m1/s1. The van der Waals surface area contributed by atoms with Gasteiger partial charge < -0.3 is 20.6 Å². The Morgan fingerprint density at radius 2 is 1.80 bits per heavy atom. The molecule has 40 heavy (non-hydrogen) atoms. The predicted molar refractivity (Wildman–Crippen MR) is 141 cm³/mol. The number of aliphatic hydroxyl groups excluding tert-OH is 1. The SMILES string of the molecule is O=C1CN(c2cc(-c3ccc(S(=O)(=O)N4CC[C@@H](Nc5ccc(C(F)(F)F)cn5)[C@@H](O)C4)cc3)ccn2)CCN1. The number of piperazine rings is 1. The van der Waals surface area contributed by atoms with Crippen molar-refractivity contribution in [3.05, 3.63) is 66.5 Å². The van der Waals surface area contributed by atoms with Crippen molar-refractivity contribution in [3.8, 4) is 11.1 Å². The zero-order chi connectivity index (χ0) is 28.5. The molecule has 4 heterocycles. The largest absolute Gasteiger partial charge is 0.417 e. The molecule has 3 aromatic rings. The third kappa shape index (κ3) is 6.03. The van der Waals surface area contributed by atoms with Crippen LogP contribution in [0.25, 0.3) is 11.1 Å². The third-order valence-electron chi connectivity index (χ3n) is 6.90. The molecule has 0 bridgehead atoms. The Morgan fingerprint density at radius 3 is 2.45 bits per heavy atom. The van der Waals surface area contributed by atoms with E-state index in [9.17, 15) is 31.5 Å². The summed E-state index contributed by atoms with van der Waals surface area (Å²) in [6.07, 6.45) is -3.02. The van der Waals surface area contributed by atoms with Crippen molar-refractivity contribution >= 4 is 27.6 Å². The highest BCUT2D eigenvalue weighted by atomic mass is 32.2. The van der Waals surface area contributed by atoms with Gasteiger partial charge in [0.05, 0.1) is 29.1 Å². The van der Waals surface area contributed by atoms with E-state index in [1.165, 1.54) is 22.5 Å². The molecule has 0 radical (unpaired) electrons. The number of hydrogen-bond acceptors (Lipinski definition) is 8. The van der Waals surface area contributed by atoms with E-state index >= 15 is 0 Å². The fraction of sp³-hybridized carbons (Fsp3) is 0.346. The molecule has 2 aromatic heterocycles. The number of aliphatic hydroxyl groups is 1. The molecule has 1 aromatic carbocycles. The van der Waals surface area contributed by atoms with Gasteiger partial charge in [0, 0.05) is 38.6 Å². The van der Waals surface area contributed by atoms with Gasteiger partial charge >= 0.3 is 6.18 Å². The first kappa shape index (κ1) is 27.8. The minimum absolute atomic E-state index is 0.0706. The van der Waals surface area contributed by atoms with Crippen molar-refractivity contribution in [2.24, 2.45) is 0 Å². The summed E-state index contributed by atoms with van der Waals surface area (Å²) in [5.74, 6) is 0.738. The number of aromatic nitrogens is 2. The van der Waals surface area contributed by atoms with Gasteiger partial charge in [-0.1, -0.05) is 12.1 Å². The number of sulfonamides is 1. The summed E-state index contributed by atoms with van der Waals surface area (Å²) in [4.78, 5) is 21.8. The maximum atomic E-state index is 13.3. The van der Waals surface area contributed by atoms with E-state index in [0.717, 1.165) is 17.2 Å². The minimum Gasteiger partial charge on any atom is -0.390 e. The Kier molecular flexibility index (Phi) is 7.66. The monoisotopic (exact) mass is 576 g/mol. The van der Waals surface area contributed by atoms with E-state index in [2.05, 4.69) is 20.6 Å². The summed E-state index contributed by atoms with van der Waals surface area (Å²) in [5, 5.41) is 16.3. The average molecular weight is 577 g/mol. The Bertz CT molecular complexity index is 1470. The highest BCUT2D eigenvalue weighted by Gasteiger charge is 2.35. The number of amides is 1. The number of carbonyl (C=O) groups excluding carboxylic acids is 1. The van der Waals surface area contributed by atoms with Gasteiger partial charge in [0.1, 0.15) is 11.6 Å². The van der Waals surface area contributed by atoms with Crippen LogP contribution in [0.2, 0.25) is 0 Å². The Hall–Kier alpha value is -3.75. The van der Waals surface area contributed by atoms with Crippen LogP contribution in [0.3, 0.4) is 0 Å². The summed E-state index contributed by atoms with van der Waals surface area (Å²) in [5.41, 5.74) is 0.709. The molecule has 14 heteroatoms. The van der Waals surface area contributed by atoms with Crippen LogP contribution in [0.4, 0.5) is 24.8 Å². The molecule has 2 aliphatic heterocycles. The number of benzene rings is 1. The van der Waals surface area contributed by atoms with E-state index in [4.69, 9.17) is 0 Å². The zero-order valence-electron chi connectivity index (χ0n) is 21.2. The number of hydrogen-bond donors (Lipinski definition) is 3. The molecule has 212 valence electrons. The topological polar surface area (TPSA) is 128 Å². The number of halogens is 3. The van der Waals surface area contributed by atoms with Crippen molar-refractivity contribution in [2.45, 2.75) is 29.6 Å². The predicted octanol–water partition coefficient (Wildman–Crippen LogP) is 2.33. The molecule has 5 rings (SSSR count). The quantitative estimate of drug-likeness (QED) is 0.408. The van der Waals surface area contributed by atoms with Crippen LogP contribution < -0.4 is 15.5 Å². The number of carbonyl (C=O) groups is 1. The summed E-state index contributed by atoms with van der Waals surface area (Å²) in [6, 6.07) is 11.5. The van der Waals surface area contributed by atoms with Gasteiger partial charge in [-0.2, -0.15) is 17.5 Å². The second-order valence-electron chi connectivity index (χ2n) is 9.60. The number of rotatable bonds is 6. The first-order valence-electron chi connectivity index (χ1n) is 12.6. The first-order chi connectivity index (χ1) is 19.0. The summed E-state index contributed by atoms with van der Waals surface area (Å²) in [6.45, 7) is 1.31. The molecule has 0 saturated carbocycles. The van der Waals surface area contributed by atoms with Crippen LogP contribution in [0, 0.1) is 0 Å². The molecule has 2 saturated heterocycles. The van der Waals surface area contributed by atoms with Crippen molar-refractivity contribution in [3.63, 3.8) is 0 Å². The molecule has 2 atom stereocenters. The lowest BCUT2D eigenvalue weighted by Crippen LogP contribution is -2.51. The van der Waals surface area contributed by atoms with Crippen molar-refractivity contribution in [2.75, 3.05) is 42.9 Å². The molecule has 2 fully saturated rings. The van der Waals surface area contributed by atoms with Gasteiger partial charge in [-0.05, 0) is 53.9 Å². The minimum atomic E-state index is -4.50. The van der Waals surface area contributed by atoms with Gasteiger partial charge in [0.15, 0.2) is 0 Å². The Labute approximate surface area is 228 Å². The number of pyridine rings is 2. The fourth-order valence-electron chi connectivity index (χ4n) is 4.70. The Balaban J connectivity index is 1.23. The second kappa shape index (κ2) is 11.0. The molecule has 2 aliphatic rings. The van der Waals surface area contributed by atoms with E-state index in [1.807, 2.05) is 11.0 Å². The summed E-state index contributed by atoms with van der Waals surface area (Å²) >= 11 is 0. The molecule has 3 N–H and O–H groups in total. The fourth-order valence-corrected chi connectivity index (χ4v) is 6.17. The molecule has 0 spiro atoms. The van der Waals surface area contributed by atoms with Crippen LogP contribution in [0.1, 0.15) is 12.0 Å². The summed E-state index contributed by atoms with van der Waals surface area (Å²) in [7, 11) is -3.90. The zero-order valence-corrected chi connectivity index (χ0v) is 22.0. The van der Waals surface area contributed by atoms with Gasteiger partial charge in [0.2, 0.25) is 15.9 Å². The van der Waals surface area contributed by atoms with Crippen molar-refractivity contribution in [1.29, 1.82) is 0 Å². The van der Waals surface area contributed by atoms with Gasteiger partial charge in [-0.25, -0.2) is 18.4 Å². The number of alkyl halides is 3. The van der Waals surface area contributed by atoms with Crippen LogP contribution in [0.5, 0.6) is 0 Å². The molecule has 0 aliphatic carbocycles. The van der Waals surface area contributed by atoms with E-state index < -0.39 is 33.9 Å². The lowest BCUT2D eigenvalue weighted by Gasteiger charge is -2.35. The number of piperidine rings is 1. The molecular formula is C26H27F3N6O4S. The lowest BCUT2D eigenvalue weighted by atomic mass is 10.0. The number of nitrogens with one attached hydrogen (secondary N) is 2.